The highest BCUT2D eigenvalue weighted by Crippen LogP contribution is 2.29. The van der Waals surface area contributed by atoms with E-state index in [1.165, 1.54) is 0 Å². The minimum Gasteiger partial charge on any atom is -0.378 e. The molecule has 0 atom stereocenters. The number of amides is 1. The van der Waals surface area contributed by atoms with Gasteiger partial charge in [-0.25, -0.2) is 9.97 Å². The van der Waals surface area contributed by atoms with Gasteiger partial charge in [0.15, 0.2) is 17.0 Å². The van der Waals surface area contributed by atoms with Gasteiger partial charge in [0.2, 0.25) is 11.9 Å². The van der Waals surface area contributed by atoms with Crippen LogP contribution in [0.2, 0.25) is 0 Å². The number of rotatable bonds is 6. The standard InChI is InChI=1S/C27H35N9O2/c1-5-21-28-19-8-6-7-9-20(19)36(21)27-30-25-24(26(31-27)33-12-14-38-15-13-33)29-22(32(25)4)16-35-11-10-34(18(2)3)17-23(35)37/h6-9,18H,5,10-17H2,1-4H3. The Morgan fingerprint density at radius 3 is 2.50 bits per heavy atom. The van der Waals surface area contributed by atoms with Crippen LogP contribution in [0.15, 0.2) is 24.3 Å². The fourth-order valence-corrected chi connectivity index (χ4v) is 5.36. The SMILES string of the molecule is CCc1nc2ccccc2n1-c1nc(N2CCOCC2)c2nc(CN3CCN(C(C)C)CC3=O)n(C)c2n1. The van der Waals surface area contributed by atoms with E-state index in [-0.39, 0.29) is 5.91 Å². The molecule has 38 heavy (non-hydrogen) atoms. The van der Waals surface area contributed by atoms with Gasteiger partial charge in [0.05, 0.1) is 37.3 Å². The summed E-state index contributed by atoms with van der Waals surface area (Å²) in [5.41, 5.74) is 3.40. The lowest BCUT2D eigenvalue weighted by Crippen LogP contribution is -2.52. The summed E-state index contributed by atoms with van der Waals surface area (Å²) in [7, 11) is 1.98. The fraction of sp³-hybridized carbons (Fsp3) is 0.519. The molecule has 2 aliphatic heterocycles. The van der Waals surface area contributed by atoms with Gasteiger partial charge < -0.3 is 19.1 Å². The Morgan fingerprint density at radius 1 is 0.974 bits per heavy atom. The van der Waals surface area contributed by atoms with E-state index in [9.17, 15) is 4.79 Å². The van der Waals surface area contributed by atoms with Crippen LogP contribution < -0.4 is 4.90 Å². The molecule has 1 aromatic carbocycles. The van der Waals surface area contributed by atoms with Gasteiger partial charge in [0.1, 0.15) is 11.6 Å². The van der Waals surface area contributed by atoms with Gasteiger partial charge in [0, 0.05) is 45.7 Å². The monoisotopic (exact) mass is 517 g/mol. The Kier molecular flexibility index (Phi) is 6.48. The number of aromatic nitrogens is 6. The summed E-state index contributed by atoms with van der Waals surface area (Å²) in [5, 5.41) is 0. The first-order valence-corrected chi connectivity index (χ1v) is 13.5. The highest BCUT2D eigenvalue weighted by atomic mass is 16.5. The molecule has 11 heteroatoms. The molecule has 0 spiro atoms. The number of anilines is 1. The zero-order valence-corrected chi connectivity index (χ0v) is 22.6. The van der Waals surface area contributed by atoms with Crippen LogP contribution >= 0.6 is 0 Å². The molecule has 2 fully saturated rings. The molecule has 1 amide bonds. The molecule has 200 valence electrons. The van der Waals surface area contributed by atoms with E-state index in [1.807, 2.05) is 34.7 Å². The van der Waals surface area contributed by atoms with E-state index in [2.05, 4.69) is 41.2 Å². The molecular weight excluding hydrogens is 482 g/mol. The number of fused-ring (bicyclic) bond motifs is 2. The first-order valence-electron chi connectivity index (χ1n) is 13.5. The Labute approximate surface area is 222 Å². The summed E-state index contributed by atoms with van der Waals surface area (Å²) in [5.74, 6) is 3.23. The maximum atomic E-state index is 12.9. The van der Waals surface area contributed by atoms with Crippen molar-refractivity contribution in [2.24, 2.45) is 7.05 Å². The van der Waals surface area contributed by atoms with Gasteiger partial charge in [-0.05, 0) is 26.0 Å². The molecule has 6 rings (SSSR count). The lowest BCUT2D eigenvalue weighted by Gasteiger charge is -2.36. The average molecular weight is 518 g/mol. The summed E-state index contributed by atoms with van der Waals surface area (Å²) < 4.78 is 9.69. The molecule has 0 radical (unpaired) electrons. The summed E-state index contributed by atoms with van der Waals surface area (Å²) in [4.78, 5) is 39.3. The van der Waals surface area contributed by atoms with E-state index in [1.54, 1.807) is 0 Å². The lowest BCUT2D eigenvalue weighted by atomic mass is 10.2. The molecule has 0 unspecified atom stereocenters. The molecule has 2 saturated heterocycles. The molecule has 0 saturated carbocycles. The number of benzene rings is 1. The van der Waals surface area contributed by atoms with Gasteiger partial charge in [-0.3, -0.25) is 14.3 Å². The summed E-state index contributed by atoms with van der Waals surface area (Å²) in [6.45, 7) is 11.6. The molecule has 0 aliphatic carbocycles. The second-order valence-electron chi connectivity index (χ2n) is 10.3. The first kappa shape index (κ1) is 24.7. The van der Waals surface area contributed by atoms with Gasteiger partial charge in [0.25, 0.3) is 0 Å². The van der Waals surface area contributed by atoms with Crippen LogP contribution in [0.5, 0.6) is 0 Å². The number of carbonyl (C=O) groups is 1. The number of hydrogen-bond acceptors (Lipinski definition) is 8. The largest absolute Gasteiger partial charge is 0.378 e. The third-order valence-corrected chi connectivity index (χ3v) is 7.65. The van der Waals surface area contributed by atoms with Crippen LogP contribution in [0.1, 0.15) is 32.4 Å². The number of carbonyl (C=O) groups excluding carboxylic acids is 1. The van der Waals surface area contributed by atoms with Crippen molar-refractivity contribution in [3.8, 4) is 5.95 Å². The summed E-state index contributed by atoms with van der Waals surface area (Å²) in [6, 6.07) is 8.44. The fourth-order valence-electron chi connectivity index (χ4n) is 5.36. The molecular formula is C27H35N9O2. The maximum absolute atomic E-state index is 12.9. The van der Waals surface area contributed by atoms with Crippen molar-refractivity contribution in [3.05, 3.63) is 35.9 Å². The molecule has 11 nitrogen and oxygen atoms in total. The summed E-state index contributed by atoms with van der Waals surface area (Å²) >= 11 is 0. The minimum absolute atomic E-state index is 0.134. The van der Waals surface area contributed by atoms with E-state index in [4.69, 9.17) is 24.7 Å². The van der Waals surface area contributed by atoms with Crippen LogP contribution in [0.25, 0.3) is 28.1 Å². The zero-order chi connectivity index (χ0) is 26.4. The molecule has 0 N–H and O–H groups in total. The maximum Gasteiger partial charge on any atom is 0.239 e. The highest BCUT2D eigenvalue weighted by Gasteiger charge is 2.28. The summed E-state index contributed by atoms with van der Waals surface area (Å²) in [6.07, 6.45) is 0.754. The topological polar surface area (TPSA) is 97.4 Å². The van der Waals surface area contributed by atoms with Crippen LogP contribution in [0, 0.1) is 0 Å². The van der Waals surface area contributed by atoms with Crippen LogP contribution in [0.3, 0.4) is 0 Å². The highest BCUT2D eigenvalue weighted by molar-refractivity contribution is 5.86. The van der Waals surface area contributed by atoms with Crippen molar-refractivity contribution in [1.29, 1.82) is 0 Å². The van der Waals surface area contributed by atoms with Gasteiger partial charge >= 0.3 is 0 Å². The van der Waals surface area contributed by atoms with Crippen LogP contribution in [-0.2, 0) is 29.5 Å². The van der Waals surface area contributed by atoms with E-state index < -0.39 is 0 Å². The molecule has 2 aliphatic rings. The zero-order valence-electron chi connectivity index (χ0n) is 22.6. The Morgan fingerprint density at radius 2 is 1.76 bits per heavy atom. The van der Waals surface area contributed by atoms with E-state index in [0.29, 0.717) is 44.8 Å². The minimum atomic E-state index is 0.134. The smallest absolute Gasteiger partial charge is 0.239 e. The van der Waals surface area contributed by atoms with Crippen molar-refractivity contribution in [2.75, 3.05) is 50.8 Å². The van der Waals surface area contributed by atoms with Gasteiger partial charge in [-0.15, -0.1) is 0 Å². The number of imidazole rings is 2. The predicted octanol–water partition coefficient (Wildman–Crippen LogP) is 2.15. The van der Waals surface area contributed by atoms with Crippen LogP contribution in [0.4, 0.5) is 5.82 Å². The average Bonchev–Trinajstić information content (AvgIpc) is 3.47. The van der Waals surface area contributed by atoms with Crippen molar-refractivity contribution in [1.82, 2.24) is 38.9 Å². The quantitative estimate of drug-likeness (QED) is 0.384. The van der Waals surface area contributed by atoms with Crippen molar-refractivity contribution < 1.29 is 9.53 Å². The number of morpholine rings is 1. The second kappa shape index (κ2) is 9.95. The number of piperazine rings is 1. The van der Waals surface area contributed by atoms with Crippen molar-refractivity contribution in [2.45, 2.75) is 39.8 Å². The van der Waals surface area contributed by atoms with Gasteiger partial charge in [-0.1, -0.05) is 19.1 Å². The third-order valence-electron chi connectivity index (χ3n) is 7.65. The lowest BCUT2D eigenvalue weighted by molar-refractivity contribution is -0.137. The molecule has 4 aromatic rings. The van der Waals surface area contributed by atoms with E-state index >= 15 is 0 Å². The van der Waals surface area contributed by atoms with Crippen LogP contribution in [-0.4, -0.2) is 96.8 Å². The Hall–Kier alpha value is -3.57. The molecule has 0 bridgehead atoms. The number of nitrogens with zero attached hydrogens (tertiary/aromatic N) is 9. The second-order valence-corrected chi connectivity index (χ2v) is 10.3. The number of ether oxygens (including phenoxy) is 1. The Balaban J connectivity index is 1.45. The molecule has 5 heterocycles. The van der Waals surface area contributed by atoms with E-state index in [0.717, 1.165) is 65.7 Å². The normalized spacial score (nSPS) is 17.4. The van der Waals surface area contributed by atoms with Crippen molar-refractivity contribution in [3.63, 3.8) is 0 Å². The first-order chi connectivity index (χ1) is 18.4. The number of hydrogen-bond donors (Lipinski definition) is 0. The Bertz CT molecular complexity index is 1490. The van der Waals surface area contributed by atoms with Gasteiger partial charge in [-0.2, -0.15) is 9.97 Å². The van der Waals surface area contributed by atoms with Crippen molar-refractivity contribution >= 4 is 33.9 Å². The number of para-hydroxylation sites is 2. The molecule has 3 aromatic heterocycles. The predicted molar refractivity (Wildman–Crippen MR) is 145 cm³/mol. The number of aryl methyl sites for hydroxylation is 2. The third kappa shape index (κ3) is 4.29.